The van der Waals surface area contributed by atoms with Gasteiger partial charge in [0.25, 0.3) is 0 Å². The zero-order valence-corrected chi connectivity index (χ0v) is 31.1. The first-order valence-corrected chi connectivity index (χ1v) is 17.6. The van der Waals surface area contributed by atoms with Gasteiger partial charge in [0.05, 0.1) is 23.9 Å². The van der Waals surface area contributed by atoms with E-state index in [2.05, 4.69) is 49.4 Å². The molecule has 0 unspecified atom stereocenters. The third kappa shape index (κ3) is 6.60. The van der Waals surface area contributed by atoms with Gasteiger partial charge in [0.1, 0.15) is 12.2 Å². The van der Waals surface area contributed by atoms with Crippen LogP contribution in [0.15, 0.2) is 107 Å². The molecule has 5 rings (SSSR count). The molecule has 0 spiro atoms. The highest BCUT2D eigenvalue weighted by molar-refractivity contribution is 5.63. The largest absolute Gasteiger partial charge is 0.394 e. The zero-order chi connectivity index (χ0) is 37.5. The Morgan fingerprint density at radius 2 is 1.40 bits per heavy atom. The van der Waals surface area contributed by atoms with Crippen molar-refractivity contribution in [1.29, 1.82) is 0 Å². The molecule has 2 N–H and O–H groups in total. The number of aliphatic hydroxyl groups excluding tert-OH is 2. The van der Waals surface area contributed by atoms with Crippen LogP contribution in [0.2, 0.25) is 0 Å². The van der Waals surface area contributed by atoms with E-state index in [0.717, 1.165) is 13.1 Å². The molecule has 10 heteroatoms. The Hall–Kier alpha value is -4.63. The number of ether oxygens (including phenoxy) is 3. The van der Waals surface area contributed by atoms with Crippen molar-refractivity contribution in [2.75, 3.05) is 33.9 Å². The van der Waals surface area contributed by atoms with Gasteiger partial charge in [-0.05, 0) is 35.4 Å². The molecule has 0 aliphatic carbocycles. The van der Waals surface area contributed by atoms with Crippen LogP contribution in [0.5, 0.6) is 0 Å². The third-order valence-electron chi connectivity index (χ3n) is 9.50. The molecule has 0 radical (unpaired) electrons. The summed E-state index contributed by atoms with van der Waals surface area (Å²) in [4.78, 5) is 26.3. The Kier molecular flexibility index (Phi) is 12.1. The molecule has 1 aromatic heterocycles. The lowest BCUT2D eigenvalue weighted by Gasteiger charge is -2.55. The van der Waals surface area contributed by atoms with Crippen molar-refractivity contribution < 1.29 is 24.4 Å². The first-order valence-electron chi connectivity index (χ1n) is 17.6. The molecule has 10 nitrogen and oxygen atoms in total. The second kappa shape index (κ2) is 16.4. The first kappa shape index (κ1) is 38.6. The summed E-state index contributed by atoms with van der Waals surface area (Å²) in [7, 11) is 2.77. The van der Waals surface area contributed by atoms with Crippen molar-refractivity contribution in [2.45, 2.75) is 63.8 Å². The number of hydrogen-bond donors (Lipinski definition) is 2. The predicted molar refractivity (Wildman–Crippen MR) is 202 cm³/mol. The smallest absolute Gasteiger partial charge is 0.352 e. The van der Waals surface area contributed by atoms with Gasteiger partial charge in [-0.3, -0.25) is 4.57 Å². The van der Waals surface area contributed by atoms with E-state index >= 15 is 0 Å². The molecule has 1 aliphatic rings. The van der Waals surface area contributed by atoms with Gasteiger partial charge in [0.15, 0.2) is 5.82 Å². The van der Waals surface area contributed by atoms with Crippen LogP contribution >= 0.6 is 0 Å². The van der Waals surface area contributed by atoms with Crippen molar-refractivity contribution >= 4 is 12.2 Å². The lowest BCUT2D eigenvalue weighted by atomic mass is 9.59. The van der Waals surface area contributed by atoms with Gasteiger partial charge in [-0.2, -0.15) is 4.98 Å². The third-order valence-corrected chi connectivity index (χ3v) is 9.50. The van der Waals surface area contributed by atoms with E-state index in [4.69, 9.17) is 19.2 Å². The van der Waals surface area contributed by atoms with E-state index < -0.39 is 41.4 Å². The fourth-order valence-corrected chi connectivity index (χ4v) is 7.69. The Balaban J connectivity index is 1.98. The Labute approximate surface area is 306 Å². The molecule has 0 bridgehead atoms. The van der Waals surface area contributed by atoms with E-state index in [0.29, 0.717) is 34.1 Å². The maximum Gasteiger partial charge on any atom is 0.352 e. The fourth-order valence-electron chi connectivity index (χ4n) is 7.69. The van der Waals surface area contributed by atoms with Crippen LogP contribution in [0.3, 0.4) is 0 Å². The highest BCUT2D eigenvalue weighted by atomic mass is 16.7. The maximum absolute atomic E-state index is 14.9. The lowest BCUT2D eigenvalue weighted by Crippen LogP contribution is -2.71. The minimum atomic E-state index is -2.13. The number of methoxy groups -OCH3 is 2. The second-order valence-electron chi connectivity index (χ2n) is 13.8. The highest BCUT2D eigenvalue weighted by Gasteiger charge is 2.78. The molecule has 2 heterocycles. The number of aliphatic imine (C=N–C) groups is 1. The van der Waals surface area contributed by atoms with Crippen molar-refractivity contribution in [3.05, 3.63) is 130 Å². The van der Waals surface area contributed by atoms with Gasteiger partial charge >= 0.3 is 5.69 Å². The number of aliphatic hydroxyl groups is 2. The summed E-state index contributed by atoms with van der Waals surface area (Å²) in [5.74, 6) is 4.82. The van der Waals surface area contributed by atoms with Crippen LogP contribution in [0, 0.1) is 23.7 Å². The first-order chi connectivity index (χ1) is 25.1. The van der Waals surface area contributed by atoms with Crippen LogP contribution in [0.4, 0.5) is 5.82 Å². The molecule has 3 atom stereocenters. The van der Waals surface area contributed by atoms with Crippen molar-refractivity contribution in [3.63, 3.8) is 0 Å². The second-order valence-corrected chi connectivity index (χ2v) is 13.8. The van der Waals surface area contributed by atoms with E-state index in [1.54, 1.807) is 19.5 Å². The lowest BCUT2D eigenvalue weighted by molar-refractivity contribution is -0.339. The molecule has 1 saturated heterocycles. The fraction of sp³-hybridized carbons (Fsp3) is 0.405. The zero-order valence-electron chi connectivity index (χ0n) is 31.1. The van der Waals surface area contributed by atoms with Crippen LogP contribution in [0.1, 0.15) is 56.9 Å². The Bertz CT molecular complexity index is 1810. The summed E-state index contributed by atoms with van der Waals surface area (Å²) >= 11 is 0. The highest BCUT2D eigenvalue weighted by Crippen LogP contribution is 2.61. The van der Waals surface area contributed by atoms with Gasteiger partial charge in [-0.1, -0.05) is 125 Å². The monoisotopic (exact) mass is 706 g/mol. The standard InChI is InChI=1S/C42H50N4O6/c1-8-18-32-27-46(39(49)44-38(32)43-29-45(25-30(2)3)26-31(4)5)42(41(50-6,51-7)37(48)36(28-47)52-42)40(33-19-12-9-13-20-33,34-21-14-10-15-22-34)35-23-16-11-17-24-35/h9-17,19-24,27,29-31,36-37,47-48H,25-26,28H2,1-7H3/t36-,37-,42-/m1/s1. The summed E-state index contributed by atoms with van der Waals surface area (Å²) in [6, 6.07) is 28.7. The molecule has 0 amide bonds. The average molecular weight is 707 g/mol. The molecule has 3 aromatic carbocycles. The van der Waals surface area contributed by atoms with Gasteiger partial charge in [-0.25, -0.2) is 9.79 Å². The van der Waals surface area contributed by atoms with Crippen molar-refractivity contribution in [3.8, 4) is 11.8 Å². The molecule has 1 aliphatic heterocycles. The Morgan fingerprint density at radius 1 is 0.923 bits per heavy atom. The summed E-state index contributed by atoms with van der Waals surface area (Å²) in [6.07, 6.45) is 0.420. The minimum absolute atomic E-state index is 0.130. The molecular weight excluding hydrogens is 656 g/mol. The summed E-state index contributed by atoms with van der Waals surface area (Å²) in [6.45, 7) is 11.2. The van der Waals surface area contributed by atoms with E-state index in [1.807, 2.05) is 91.0 Å². The topological polar surface area (TPSA) is 119 Å². The quantitative estimate of drug-likeness (QED) is 0.0596. The predicted octanol–water partition coefficient (Wildman–Crippen LogP) is 5.32. The molecular formula is C42H50N4O6. The van der Waals surface area contributed by atoms with Gasteiger partial charge in [0, 0.05) is 33.5 Å². The van der Waals surface area contributed by atoms with Crippen molar-refractivity contribution in [1.82, 2.24) is 14.5 Å². The van der Waals surface area contributed by atoms with Gasteiger partial charge in [-0.15, -0.1) is 5.92 Å². The number of nitrogens with zero attached hydrogens (tertiary/aromatic N) is 4. The average Bonchev–Trinajstić information content (AvgIpc) is 3.40. The van der Waals surface area contributed by atoms with Crippen molar-refractivity contribution in [2.24, 2.45) is 16.8 Å². The molecule has 4 aromatic rings. The summed E-state index contributed by atoms with van der Waals surface area (Å²) in [5, 5.41) is 22.9. The SMILES string of the molecule is CC#Cc1cn([C@]2(C(c3ccccc3)(c3ccccc3)c3ccccc3)O[C@H](CO)[C@@H](O)C2(OC)OC)c(=O)nc1N=CN(CC(C)C)CC(C)C. The molecule has 274 valence electrons. The van der Waals surface area contributed by atoms with Crippen LogP contribution in [-0.4, -0.2) is 82.9 Å². The number of hydrogen-bond acceptors (Lipinski definition) is 8. The normalized spacial score (nSPS) is 20.0. The molecule has 0 saturated carbocycles. The van der Waals surface area contributed by atoms with E-state index in [-0.39, 0.29) is 5.82 Å². The van der Waals surface area contributed by atoms with Crippen LogP contribution < -0.4 is 5.69 Å². The minimum Gasteiger partial charge on any atom is -0.394 e. The molecule has 52 heavy (non-hydrogen) atoms. The van der Waals surface area contributed by atoms with E-state index in [1.165, 1.54) is 18.8 Å². The number of aromatic nitrogens is 2. The van der Waals surface area contributed by atoms with Gasteiger partial charge < -0.3 is 29.3 Å². The number of benzene rings is 3. The summed E-state index contributed by atoms with van der Waals surface area (Å²) in [5.41, 5.74) is -2.00. The van der Waals surface area contributed by atoms with E-state index in [9.17, 15) is 15.0 Å². The Morgan fingerprint density at radius 3 is 1.81 bits per heavy atom. The van der Waals surface area contributed by atoms with Crippen LogP contribution in [0.25, 0.3) is 0 Å². The van der Waals surface area contributed by atoms with Gasteiger partial charge in [0.2, 0.25) is 11.5 Å². The van der Waals surface area contributed by atoms with Crippen LogP contribution in [-0.2, 0) is 25.4 Å². The summed E-state index contributed by atoms with van der Waals surface area (Å²) < 4.78 is 21.0. The maximum atomic E-state index is 14.9. The molecule has 1 fully saturated rings. The number of rotatable bonds is 14.